The van der Waals surface area contributed by atoms with E-state index in [1.54, 1.807) is 6.20 Å². The maximum atomic E-state index is 12.0. The van der Waals surface area contributed by atoms with Gasteiger partial charge in [-0.3, -0.25) is 9.78 Å². The molecule has 0 saturated carbocycles. The van der Waals surface area contributed by atoms with Crippen LogP contribution in [0, 0.1) is 10.5 Å². The van der Waals surface area contributed by atoms with Crippen LogP contribution in [0.25, 0.3) is 0 Å². The van der Waals surface area contributed by atoms with Crippen LogP contribution in [0.1, 0.15) is 16.1 Å². The number of hydrogen-bond acceptors (Lipinski definition) is 2. The second kappa shape index (κ2) is 5.27. The van der Waals surface area contributed by atoms with E-state index in [0.717, 1.165) is 14.8 Å². The normalized spacial score (nSPS) is 10.0. The highest BCUT2D eigenvalue weighted by Gasteiger charge is 2.09. The van der Waals surface area contributed by atoms with E-state index < -0.39 is 0 Å². The Morgan fingerprint density at radius 1 is 1.29 bits per heavy atom. The van der Waals surface area contributed by atoms with E-state index in [1.807, 2.05) is 43.3 Å². The Balaban J connectivity index is 2.20. The number of nitrogens with zero attached hydrogens (tertiary/aromatic N) is 1. The molecule has 1 N–H and O–H groups in total. The van der Waals surface area contributed by atoms with E-state index in [0.29, 0.717) is 5.69 Å². The number of hydrogen-bond donors (Lipinski definition) is 1. The Morgan fingerprint density at radius 3 is 2.82 bits per heavy atom. The van der Waals surface area contributed by atoms with Crippen LogP contribution in [-0.2, 0) is 0 Å². The highest BCUT2D eigenvalue weighted by Crippen LogP contribution is 2.14. The molecule has 17 heavy (non-hydrogen) atoms. The second-order valence-electron chi connectivity index (χ2n) is 3.63. The van der Waals surface area contributed by atoms with E-state index in [4.69, 9.17) is 0 Å². The fraction of sp³-hybridized carbons (Fsp3) is 0.0769. The topological polar surface area (TPSA) is 42.0 Å². The molecule has 0 fully saturated rings. The minimum absolute atomic E-state index is 0.176. The fourth-order valence-corrected chi connectivity index (χ4v) is 2.02. The van der Waals surface area contributed by atoms with Gasteiger partial charge < -0.3 is 5.32 Å². The minimum atomic E-state index is -0.176. The molecular weight excluding hydrogens is 327 g/mol. The average Bonchev–Trinajstić information content (AvgIpc) is 2.29. The summed E-state index contributed by atoms with van der Waals surface area (Å²) in [6.07, 6.45) is 1.62. The molecule has 0 bridgehead atoms. The van der Waals surface area contributed by atoms with Gasteiger partial charge in [0.05, 0.1) is 0 Å². The van der Waals surface area contributed by atoms with Gasteiger partial charge in [-0.15, -0.1) is 0 Å². The van der Waals surface area contributed by atoms with Crippen molar-refractivity contribution in [2.45, 2.75) is 6.92 Å². The summed E-state index contributed by atoms with van der Waals surface area (Å²) in [6.45, 7) is 1.87. The molecule has 1 aromatic carbocycles. The molecule has 0 radical (unpaired) electrons. The standard InChI is InChI=1S/C13H11IN2O/c1-9-4-3-7-15-12(9)13(17)16-11-6-2-5-10(14)8-11/h2-8H,1H3,(H,16,17). The molecule has 1 amide bonds. The number of pyridine rings is 1. The van der Waals surface area contributed by atoms with E-state index in [2.05, 4.69) is 32.9 Å². The van der Waals surface area contributed by atoms with Gasteiger partial charge in [-0.05, 0) is 59.3 Å². The van der Waals surface area contributed by atoms with Gasteiger partial charge in [0, 0.05) is 15.5 Å². The van der Waals surface area contributed by atoms with Gasteiger partial charge >= 0.3 is 0 Å². The highest BCUT2D eigenvalue weighted by atomic mass is 127. The predicted octanol–water partition coefficient (Wildman–Crippen LogP) is 3.25. The van der Waals surface area contributed by atoms with E-state index >= 15 is 0 Å². The lowest BCUT2D eigenvalue weighted by atomic mass is 10.2. The number of aryl methyl sites for hydroxylation is 1. The number of anilines is 1. The van der Waals surface area contributed by atoms with Crippen molar-refractivity contribution in [1.82, 2.24) is 4.98 Å². The van der Waals surface area contributed by atoms with Crippen LogP contribution in [0.15, 0.2) is 42.6 Å². The number of benzene rings is 1. The SMILES string of the molecule is Cc1cccnc1C(=O)Nc1cccc(I)c1. The zero-order chi connectivity index (χ0) is 12.3. The van der Waals surface area contributed by atoms with Crippen molar-refractivity contribution in [3.63, 3.8) is 0 Å². The first-order valence-electron chi connectivity index (χ1n) is 5.15. The smallest absolute Gasteiger partial charge is 0.274 e. The maximum Gasteiger partial charge on any atom is 0.274 e. The number of halogens is 1. The third-order valence-electron chi connectivity index (χ3n) is 2.31. The quantitative estimate of drug-likeness (QED) is 0.854. The van der Waals surface area contributed by atoms with Gasteiger partial charge in [0.15, 0.2) is 0 Å². The Labute approximate surface area is 113 Å². The predicted molar refractivity (Wildman–Crippen MR) is 76.1 cm³/mol. The van der Waals surface area contributed by atoms with Crippen molar-refractivity contribution < 1.29 is 4.79 Å². The average molecular weight is 338 g/mol. The molecule has 3 nitrogen and oxygen atoms in total. The monoisotopic (exact) mass is 338 g/mol. The van der Waals surface area contributed by atoms with Crippen LogP contribution in [0.2, 0.25) is 0 Å². The molecule has 0 atom stereocenters. The second-order valence-corrected chi connectivity index (χ2v) is 4.88. The lowest BCUT2D eigenvalue weighted by molar-refractivity contribution is 0.102. The molecule has 86 valence electrons. The van der Waals surface area contributed by atoms with Gasteiger partial charge in [-0.2, -0.15) is 0 Å². The zero-order valence-corrected chi connectivity index (χ0v) is 11.4. The fourth-order valence-electron chi connectivity index (χ4n) is 1.48. The van der Waals surface area contributed by atoms with Gasteiger partial charge in [0.1, 0.15) is 5.69 Å². The summed E-state index contributed by atoms with van der Waals surface area (Å²) in [6, 6.07) is 11.3. The van der Waals surface area contributed by atoms with E-state index in [1.165, 1.54) is 0 Å². The third kappa shape index (κ3) is 3.03. The Kier molecular flexibility index (Phi) is 3.73. The number of rotatable bonds is 2. The Hall–Kier alpha value is -1.43. The van der Waals surface area contributed by atoms with Crippen molar-refractivity contribution in [1.29, 1.82) is 0 Å². The number of carbonyl (C=O) groups is 1. The van der Waals surface area contributed by atoms with Crippen molar-refractivity contribution >= 4 is 34.2 Å². The molecule has 0 spiro atoms. The summed E-state index contributed by atoms with van der Waals surface area (Å²) in [5.41, 5.74) is 2.12. The molecule has 0 unspecified atom stereocenters. The van der Waals surface area contributed by atoms with Crippen LogP contribution >= 0.6 is 22.6 Å². The van der Waals surface area contributed by atoms with Crippen molar-refractivity contribution in [2.24, 2.45) is 0 Å². The van der Waals surface area contributed by atoms with Crippen molar-refractivity contribution in [2.75, 3.05) is 5.32 Å². The van der Waals surface area contributed by atoms with Crippen LogP contribution in [0.3, 0.4) is 0 Å². The molecule has 0 aliphatic heterocycles. The third-order valence-corrected chi connectivity index (χ3v) is 2.98. The number of nitrogens with one attached hydrogen (secondary N) is 1. The number of aromatic nitrogens is 1. The molecule has 0 aliphatic carbocycles. The summed E-state index contributed by atoms with van der Waals surface area (Å²) in [5, 5.41) is 2.83. The minimum Gasteiger partial charge on any atom is -0.321 e. The maximum absolute atomic E-state index is 12.0. The number of amides is 1. The summed E-state index contributed by atoms with van der Waals surface area (Å²) < 4.78 is 1.08. The molecular formula is C13H11IN2O. The first kappa shape index (κ1) is 12.0. The Morgan fingerprint density at radius 2 is 2.12 bits per heavy atom. The van der Waals surface area contributed by atoms with E-state index in [-0.39, 0.29) is 5.91 Å². The van der Waals surface area contributed by atoms with Crippen molar-refractivity contribution in [3.8, 4) is 0 Å². The summed E-state index contributed by atoms with van der Waals surface area (Å²) >= 11 is 2.21. The molecule has 1 aromatic heterocycles. The van der Waals surface area contributed by atoms with Crippen LogP contribution < -0.4 is 5.32 Å². The molecule has 2 aromatic rings. The molecule has 0 aliphatic rings. The molecule has 2 rings (SSSR count). The molecule has 1 heterocycles. The molecule has 4 heteroatoms. The summed E-state index contributed by atoms with van der Waals surface area (Å²) in [7, 11) is 0. The lowest BCUT2D eigenvalue weighted by Gasteiger charge is -2.06. The van der Waals surface area contributed by atoms with Crippen LogP contribution in [0.5, 0.6) is 0 Å². The highest BCUT2D eigenvalue weighted by molar-refractivity contribution is 14.1. The zero-order valence-electron chi connectivity index (χ0n) is 9.27. The van der Waals surface area contributed by atoms with Gasteiger partial charge in [0.25, 0.3) is 5.91 Å². The van der Waals surface area contributed by atoms with E-state index in [9.17, 15) is 4.79 Å². The first-order valence-corrected chi connectivity index (χ1v) is 6.23. The summed E-state index contributed by atoms with van der Waals surface area (Å²) in [5.74, 6) is -0.176. The lowest BCUT2D eigenvalue weighted by Crippen LogP contribution is -2.15. The van der Waals surface area contributed by atoms with Gasteiger partial charge in [0.2, 0.25) is 0 Å². The van der Waals surface area contributed by atoms with Crippen LogP contribution in [0.4, 0.5) is 5.69 Å². The van der Waals surface area contributed by atoms with Gasteiger partial charge in [-0.1, -0.05) is 12.1 Å². The number of carbonyl (C=O) groups excluding carboxylic acids is 1. The largest absolute Gasteiger partial charge is 0.321 e. The van der Waals surface area contributed by atoms with Crippen LogP contribution in [-0.4, -0.2) is 10.9 Å². The summed E-state index contributed by atoms with van der Waals surface area (Å²) in [4.78, 5) is 16.1. The van der Waals surface area contributed by atoms with Crippen molar-refractivity contribution in [3.05, 3.63) is 57.4 Å². The Bertz CT molecular complexity index is 555. The first-order chi connectivity index (χ1) is 8.16. The van der Waals surface area contributed by atoms with Gasteiger partial charge in [-0.25, -0.2) is 0 Å². The molecule has 0 saturated heterocycles.